The maximum absolute atomic E-state index is 13.4. The third kappa shape index (κ3) is 3.83. The van der Waals surface area contributed by atoms with Crippen molar-refractivity contribution >= 4 is 0 Å². The number of rotatable bonds is 5. The highest BCUT2D eigenvalue weighted by Gasteiger charge is 2.36. The van der Waals surface area contributed by atoms with E-state index in [0.717, 1.165) is 12.0 Å². The zero-order valence-corrected chi connectivity index (χ0v) is 13.6. The Balaban J connectivity index is 2.15. The van der Waals surface area contributed by atoms with E-state index in [2.05, 4.69) is 25.8 Å². The molecule has 3 unspecified atom stereocenters. The van der Waals surface area contributed by atoms with Crippen molar-refractivity contribution in [1.82, 2.24) is 4.90 Å². The molecule has 2 rings (SSSR count). The van der Waals surface area contributed by atoms with Crippen molar-refractivity contribution in [1.29, 1.82) is 0 Å². The van der Waals surface area contributed by atoms with Crippen LogP contribution in [-0.4, -0.2) is 30.1 Å². The van der Waals surface area contributed by atoms with E-state index in [-0.39, 0.29) is 11.4 Å². The number of nitrogens with two attached hydrogens (primary N) is 1. The Kier molecular flexibility index (Phi) is 5.39. The van der Waals surface area contributed by atoms with Crippen molar-refractivity contribution in [2.45, 2.75) is 57.5 Å². The fourth-order valence-corrected chi connectivity index (χ4v) is 3.70. The summed E-state index contributed by atoms with van der Waals surface area (Å²) in [7, 11) is 2.19. The van der Waals surface area contributed by atoms with Gasteiger partial charge in [-0.25, -0.2) is 4.39 Å². The van der Waals surface area contributed by atoms with E-state index in [1.54, 1.807) is 12.1 Å². The van der Waals surface area contributed by atoms with Crippen LogP contribution in [0.2, 0.25) is 0 Å². The summed E-state index contributed by atoms with van der Waals surface area (Å²) in [5.74, 6) is 0.544. The van der Waals surface area contributed by atoms with Crippen LogP contribution in [0.5, 0.6) is 0 Å². The molecular formula is C18H29FN2. The molecule has 0 radical (unpaired) electrons. The molecule has 118 valence electrons. The molecule has 21 heavy (non-hydrogen) atoms. The third-order valence-corrected chi connectivity index (χ3v) is 5.33. The highest BCUT2D eigenvalue weighted by atomic mass is 19.1. The van der Waals surface area contributed by atoms with Gasteiger partial charge in [-0.05, 0) is 56.8 Å². The van der Waals surface area contributed by atoms with Gasteiger partial charge in [0.05, 0.1) is 0 Å². The number of nitrogens with zero attached hydrogens (tertiary/aromatic N) is 1. The second-order valence-electron chi connectivity index (χ2n) is 6.95. The van der Waals surface area contributed by atoms with E-state index < -0.39 is 0 Å². The van der Waals surface area contributed by atoms with Gasteiger partial charge in [-0.2, -0.15) is 0 Å². The molecule has 0 aliphatic heterocycles. The molecule has 0 amide bonds. The largest absolute Gasteiger partial charge is 0.329 e. The lowest BCUT2D eigenvalue weighted by Gasteiger charge is -2.47. The minimum Gasteiger partial charge on any atom is -0.329 e. The molecule has 0 heterocycles. The summed E-state index contributed by atoms with van der Waals surface area (Å²) in [5.41, 5.74) is 7.02. The van der Waals surface area contributed by atoms with Gasteiger partial charge >= 0.3 is 0 Å². The van der Waals surface area contributed by atoms with Crippen molar-refractivity contribution in [3.8, 4) is 0 Å². The summed E-state index contributed by atoms with van der Waals surface area (Å²) in [4.78, 5) is 2.46. The van der Waals surface area contributed by atoms with Crippen molar-refractivity contribution in [3.63, 3.8) is 0 Å². The molecule has 1 fully saturated rings. The monoisotopic (exact) mass is 292 g/mol. The van der Waals surface area contributed by atoms with Crippen LogP contribution in [0.3, 0.4) is 0 Å². The van der Waals surface area contributed by atoms with Crippen LogP contribution < -0.4 is 5.73 Å². The number of benzene rings is 1. The zero-order valence-electron chi connectivity index (χ0n) is 13.6. The van der Waals surface area contributed by atoms with Gasteiger partial charge in [0.25, 0.3) is 0 Å². The minimum absolute atomic E-state index is 0.121. The van der Waals surface area contributed by atoms with Crippen LogP contribution >= 0.6 is 0 Å². The van der Waals surface area contributed by atoms with E-state index in [1.807, 2.05) is 6.07 Å². The van der Waals surface area contributed by atoms with Crippen LogP contribution in [0.1, 0.15) is 45.1 Å². The summed E-state index contributed by atoms with van der Waals surface area (Å²) in [6, 6.07) is 7.49. The van der Waals surface area contributed by atoms with Crippen LogP contribution in [-0.2, 0) is 6.42 Å². The quantitative estimate of drug-likeness (QED) is 0.898. The van der Waals surface area contributed by atoms with E-state index in [1.165, 1.54) is 31.7 Å². The van der Waals surface area contributed by atoms with Gasteiger partial charge in [0.15, 0.2) is 0 Å². The van der Waals surface area contributed by atoms with Crippen LogP contribution in [0.25, 0.3) is 0 Å². The van der Waals surface area contributed by atoms with Gasteiger partial charge in [0.2, 0.25) is 0 Å². The predicted octanol–water partition coefficient (Wildman–Crippen LogP) is 3.60. The summed E-state index contributed by atoms with van der Waals surface area (Å²) >= 11 is 0. The standard InChI is InChI=1S/C18H29FN2/c1-14-7-4-5-10-17(14)21(3)18(2,13-20)12-15-8-6-9-16(19)11-15/h6,8-9,11,14,17H,4-5,7,10,12-13,20H2,1-3H3. The molecule has 0 aromatic heterocycles. The Morgan fingerprint density at radius 3 is 2.67 bits per heavy atom. The predicted molar refractivity (Wildman–Crippen MR) is 86.7 cm³/mol. The van der Waals surface area contributed by atoms with Crippen LogP contribution in [0.4, 0.5) is 4.39 Å². The SMILES string of the molecule is CC1CCCCC1N(C)C(C)(CN)Cc1cccc(F)c1. The Hall–Kier alpha value is -0.930. The van der Waals surface area contributed by atoms with Gasteiger partial charge < -0.3 is 5.73 Å². The molecule has 1 aliphatic carbocycles. The van der Waals surface area contributed by atoms with Crippen molar-refractivity contribution < 1.29 is 4.39 Å². The van der Waals surface area contributed by atoms with Gasteiger partial charge in [0.1, 0.15) is 5.82 Å². The zero-order chi connectivity index (χ0) is 15.5. The molecule has 1 aliphatic rings. The van der Waals surface area contributed by atoms with Gasteiger partial charge in [-0.1, -0.05) is 31.9 Å². The number of hydrogen-bond donors (Lipinski definition) is 1. The van der Waals surface area contributed by atoms with E-state index in [4.69, 9.17) is 5.73 Å². The Morgan fingerprint density at radius 1 is 1.33 bits per heavy atom. The molecule has 1 saturated carbocycles. The average molecular weight is 292 g/mol. The smallest absolute Gasteiger partial charge is 0.123 e. The number of hydrogen-bond acceptors (Lipinski definition) is 2. The van der Waals surface area contributed by atoms with Gasteiger partial charge in [-0.3, -0.25) is 4.90 Å². The molecule has 0 bridgehead atoms. The van der Waals surface area contributed by atoms with E-state index in [0.29, 0.717) is 18.5 Å². The van der Waals surface area contributed by atoms with Gasteiger partial charge in [-0.15, -0.1) is 0 Å². The molecule has 1 aromatic rings. The fourth-order valence-electron chi connectivity index (χ4n) is 3.70. The van der Waals surface area contributed by atoms with Crippen LogP contribution in [0, 0.1) is 11.7 Å². The second kappa shape index (κ2) is 6.89. The van der Waals surface area contributed by atoms with Crippen molar-refractivity contribution in [3.05, 3.63) is 35.6 Å². The summed E-state index contributed by atoms with van der Waals surface area (Å²) in [6.45, 7) is 5.14. The first kappa shape index (κ1) is 16.4. The Bertz CT molecular complexity index is 462. The fraction of sp³-hybridized carbons (Fsp3) is 0.667. The average Bonchev–Trinajstić information content (AvgIpc) is 2.47. The molecule has 0 spiro atoms. The topological polar surface area (TPSA) is 29.3 Å². The van der Waals surface area contributed by atoms with E-state index in [9.17, 15) is 4.39 Å². The summed E-state index contributed by atoms with van der Waals surface area (Å²) in [5, 5.41) is 0. The highest BCUT2D eigenvalue weighted by Crippen LogP contribution is 2.32. The first-order chi connectivity index (χ1) is 9.96. The maximum atomic E-state index is 13.4. The molecule has 3 atom stereocenters. The lowest BCUT2D eigenvalue weighted by Crippen LogP contribution is -2.57. The molecule has 2 nitrogen and oxygen atoms in total. The van der Waals surface area contributed by atoms with E-state index >= 15 is 0 Å². The molecule has 1 aromatic carbocycles. The first-order valence-corrected chi connectivity index (χ1v) is 8.14. The first-order valence-electron chi connectivity index (χ1n) is 8.14. The number of halogens is 1. The Morgan fingerprint density at radius 2 is 2.05 bits per heavy atom. The summed E-state index contributed by atoms with van der Waals surface area (Å²) < 4.78 is 13.4. The second-order valence-corrected chi connectivity index (χ2v) is 6.95. The molecular weight excluding hydrogens is 263 g/mol. The maximum Gasteiger partial charge on any atom is 0.123 e. The normalized spacial score (nSPS) is 25.8. The molecule has 0 saturated heterocycles. The van der Waals surface area contributed by atoms with Gasteiger partial charge in [0, 0.05) is 18.1 Å². The van der Waals surface area contributed by atoms with Crippen molar-refractivity contribution in [2.75, 3.05) is 13.6 Å². The molecule has 2 N–H and O–H groups in total. The lowest BCUT2D eigenvalue weighted by atomic mass is 9.81. The lowest BCUT2D eigenvalue weighted by molar-refractivity contribution is 0.0422. The molecule has 3 heteroatoms. The summed E-state index contributed by atoms with van der Waals surface area (Å²) in [6.07, 6.45) is 5.99. The van der Waals surface area contributed by atoms with Crippen LogP contribution in [0.15, 0.2) is 24.3 Å². The highest BCUT2D eigenvalue weighted by molar-refractivity contribution is 5.19. The minimum atomic E-state index is -0.166. The Labute approximate surface area is 128 Å². The third-order valence-electron chi connectivity index (χ3n) is 5.33. The van der Waals surface area contributed by atoms with Crippen molar-refractivity contribution in [2.24, 2.45) is 11.7 Å². The number of likely N-dealkylation sites (N-methyl/N-ethyl adjacent to an activating group) is 1.